The summed E-state index contributed by atoms with van der Waals surface area (Å²) in [7, 11) is 0. The summed E-state index contributed by atoms with van der Waals surface area (Å²) < 4.78 is 1.91. The molecule has 30 heavy (non-hydrogen) atoms. The number of benzene rings is 2. The summed E-state index contributed by atoms with van der Waals surface area (Å²) in [6.07, 6.45) is 5.59. The molecule has 1 fully saturated rings. The van der Waals surface area contributed by atoms with Gasteiger partial charge in [0.15, 0.2) is 5.16 Å². The van der Waals surface area contributed by atoms with Crippen molar-refractivity contribution in [3.63, 3.8) is 0 Å². The van der Waals surface area contributed by atoms with Crippen molar-refractivity contribution < 1.29 is 0 Å². The number of nitrogens with zero attached hydrogens (tertiary/aromatic N) is 2. The summed E-state index contributed by atoms with van der Waals surface area (Å²) in [5.74, 6) is 0.818. The molecule has 2 aliphatic rings. The normalized spacial score (nSPS) is 16.5. The van der Waals surface area contributed by atoms with Crippen LogP contribution < -0.4 is 5.56 Å². The summed E-state index contributed by atoms with van der Waals surface area (Å²) in [6, 6.07) is 17.2. The smallest absolute Gasteiger partial charge is 0.258 e. The second-order valence-electron chi connectivity index (χ2n) is 8.76. The molecule has 0 aliphatic heterocycles. The van der Waals surface area contributed by atoms with Crippen molar-refractivity contribution in [1.29, 1.82) is 0 Å². The molecule has 0 unspecified atom stereocenters. The van der Waals surface area contributed by atoms with Crippen LogP contribution in [0.5, 0.6) is 0 Å². The third kappa shape index (κ3) is 3.22. The van der Waals surface area contributed by atoms with Crippen LogP contribution in [0.2, 0.25) is 0 Å². The molecular formula is C26H28N2OS. The predicted octanol–water partition coefficient (Wildman–Crippen LogP) is 5.90. The molecule has 4 heteroatoms. The van der Waals surface area contributed by atoms with Crippen LogP contribution in [0.4, 0.5) is 0 Å². The molecule has 1 aromatic heterocycles. The Morgan fingerprint density at radius 3 is 2.53 bits per heavy atom. The van der Waals surface area contributed by atoms with Gasteiger partial charge in [-0.25, -0.2) is 4.98 Å². The molecule has 1 spiro atoms. The molecule has 0 radical (unpaired) electrons. The highest BCUT2D eigenvalue weighted by Crippen LogP contribution is 2.50. The second kappa shape index (κ2) is 7.73. The molecule has 0 saturated heterocycles. The lowest BCUT2D eigenvalue weighted by Crippen LogP contribution is -2.40. The highest BCUT2D eigenvalue weighted by atomic mass is 32.2. The van der Waals surface area contributed by atoms with Crippen LogP contribution in [0, 0.1) is 6.92 Å². The first-order valence-electron chi connectivity index (χ1n) is 11.0. The monoisotopic (exact) mass is 416 g/mol. The number of thioether (sulfide) groups is 1. The van der Waals surface area contributed by atoms with Crippen LogP contribution in [-0.2, 0) is 24.1 Å². The maximum absolute atomic E-state index is 13.8. The van der Waals surface area contributed by atoms with Gasteiger partial charge in [0.05, 0.1) is 11.3 Å². The van der Waals surface area contributed by atoms with Gasteiger partial charge in [-0.1, -0.05) is 78.7 Å². The van der Waals surface area contributed by atoms with E-state index >= 15 is 0 Å². The Balaban J connectivity index is 1.63. The van der Waals surface area contributed by atoms with Gasteiger partial charge in [-0.2, -0.15) is 0 Å². The molecule has 154 valence electrons. The summed E-state index contributed by atoms with van der Waals surface area (Å²) in [5.41, 5.74) is 7.12. The van der Waals surface area contributed by atoms with Crippen LogP contribution in [0.1, 0.15) is 54.9 Å². The van der Waals surface area contributed by atoms with Crippen LogP contribution >= 0.6 is 11.8 Å². The highest BCUT2D eigenvalue weighted by Gasteiger charge is 2.44. The molecule has 2 aliphatic carbocycles. The Kier molecular flexibility index (Phi) is 5.06. The Morgan fingerprint density at radius 1 is 1.07 bits per heavy atom. The van der Waals surface area contributed by atoms with Gasteiger partial charge in [-0.15, -0.1) is 0 Å². The van der Waals surface area contributed by atoms with E-state index < -0.39 is 0 Å². The fraction of sp³-hybridized carbons (Fsp3) is 0.385. The standard InChI is InChI=1S/C26H28N2OS/c1-3-28-24(29)22-23(27-25(28)30-17-19-12-10-18(2)11-13-19)21-9-5-4-8-20(21)16-26(22)14-6-7-15-26/h4-5,8-13H,3,6-7,14-17H2,1-2H3. The maximum atomic E-state index is 13.8. The molecule has 0 N–H and O–H groups in total. The second-order valence-corrected chi connectivity index (χ2v) is 9.71. The summed E-state index contributed by atoms with van der Waals surface area (Å²) in [4.78, 5) is 19.0. The molecule has 0 bridgehead atoms. The van der Waals surface area contributed by atoms with Crippen molar-refractivity contribution in [2.24, 2.45) is 0 Å². The Labute approximate surface area is 182 Å². The topological polar surface area (TPSA) is 34.9 Å². The average Bonchev–Trinajstić information content (AvgIpc) is 3.21. The summed E-state index contributed by atoms with van der Waals surface area (Å²) in [6.45, 7) is 4.82. The summed E-state index contributed by atoms with van der Waals surface area (Å²) >= 11 is 1.68. The fourth-order valence-electron chi connectivity index (χ4n) is 5.27. The van der Waals surface area contributed by atoms with E-state index in [0.29, 0.717) is 6.54 Å². The van der Waals surface area contributed by atoms with Crippen molar-refractivity contribution in [3.05, 3.63) is 81.1 Å². The van der Waals surface area contributed by atoms with E-state index in [1.54, 1.807) is 11.8 Å². The lowest BCUT2D eigenvalue weighted by atomic mass is 9.68. The minimum Gasteiger partial charge on any atom is -0.288 e. The van der Waals surface area contributed by atoms with E-state index in [-0.39, 0.29) is 11.0 Å². The third-order valence-corrected chi connectivity index (χ3v) is 7.88. The number of aryl methyl sites for hydroxylation is 1. The van der Waals surface area contributed by atoms with Gasteiger partial charge >= 0.3 is 0 Å². The molecule has 5 rings (SSSR count). The van der Waals surface area contributed by atoms with Crippen LogP contribution in [0.15, 0.2) is 58.5 Å². The first kappa shape index (κ1) is 19.6. The van der Waals surface area contributed by atoms with Crippen molar-refractivity contribution >= 4 is 11.8 Å². The molecule has 3 nitrogen and oxygen atoms in total. The van der Waals surface area contributed by atoms with Crippen molar-refractivity contribution in [3.8, 4) is 11.3 Å². The SMILES string of the molecule is CCn1c(SCc2ccc(C)cc2)nc2c(c1=O)C1(CCCC1)Cc1ccccc1-2. The fourth-order valence-corrected chi connectivity index (χ4v) is 6.28. The van der Waals surface area contributed by atoms with Crippen LogP contribution in [0.25, 0.3) is 11.3 Å². The zero-order valence-corrected chi connectivity index (χ0v) is 18.6. The first-order chi connectivity index (χ1) is 14.6. The van der Waals surface area contributed by atoms with Crippen LogP contribution in [0.3, 0.4) is 0 Å². The largest absolute Gasteiger partial charge is 0.288 e. The number of fused-ring (bicyclic) bond motifs is 4. The van der Waals surface area contributed by atoms with Gasteiger partial charge in [-0.05, 0) is 44.2 Å². The zero-order valence-electron chi connectivity index (χ0n) is 17.8. The molecule has 0 amide bonds. The lowest BCUT2D eigenvalue weighted by Gasteiger charge is -2.36. The van der Waals surface area contributed by atoms with Gasteiger partial charge in [-0.3, -0.25) is 9.36 Å². The van der Waals surface area contributed by atoms with Crippen molar-refractivity contribution in [2.45, 2.75) is 68.8 Å². The van der Waals surface area contributed by atoms with Gasteiger partial charge in [0, 0.05) is 23.3 Å². The predicted molar refractivity (Wildman–Crippen MR) is 124 cm³/mol. The molecule has 1 heterocycles. The Bertz CT molecular complexity index is 1140. The Hall–Kier alpha value is -2.33. The van der Waals surface area contributed by atoms with E-state index in [2.05, 4.69) is 62.4 Å². The quantitative estimate of drug-likeness (QED) is 0.392. The number of aromatic nitrogens is 2. The molecular weight excluding hydrogens is 388 g/mol. The lowest BCUT2D eigenvalue weighted by molar-refractivity contribution is 0.416. The number of hydrogen-bond donors (Lipinski definition) is 0. The van der Waals surface area contributed by atoms with E-state index in [4.69, 9.17) is 4.98 Å². The average molecular weight is 417 g/mol. The highest BCUT2D eigenvalue weighted by molar-refractivity contribution is 7.98. The minimum atomic E-state index is -0.0230. The first-order valence-corrected chi connectivity index (χ1v) is 12.0. The van der Waals surface area contributed by atoms with E-state index in [1.165, 1.54) is 29.5 Å². The van der Waals surface area contributed by atoms with Gasteiger partial charge in [0.2, 0.25) is 0 Å². The molecule has 2 aromatic carbocycles. The molecule has 3 aromatic rings. The maximum Gasteiger partial charge on any atom is 0.258 e. The summed E-state index contributed by atoms with van der Waals surface area (Å²) in [5, 5.41) is 0.840. The van der Waals surface area contributed by atoms with Gasteiger partial charge in [0.1, 0.15) is 0 Å². The minimum absolute atomic E-state index is 0.0230. The van der Waals surface area contributed by atoms with Gasteiger partial charge in [0.25, 0.3) is 5.56 Å². The van der Waals surface area contributed by atoms with E-state index in [9.17, 15) is 4.79 Å². The van der Waals surface area contributed by atoms with Crippen molar-refractivity contribution in [2.75, 3.05) is 0 Å². The molecule has 1 saturated carbocycles. The Morgan fingerprint density at radius 2 is 1.80 bits per heavy atom. The van der Waals surface area contributed by atoms with Crippen LogP contribution in [-0.4, -0.2) is 9.55 Å². The zero-order chi connectivity index (χ0) is 20.7. The molecule has 0 atom stereocenters. The third-order valence-electron chi connectivity index (χ3n) is 6.83. The van der Waals surface area contributed by atoms with E-state index in [1.807, 2.05) is 4.57 Å². The number of hydrogen-bond acceptors (Lipinski definition) is 3. The van der Waals surface area contributed by atoms with Crippen molar-refractivity contribution in [1.82, 2.24) is 9.55 Å². The number of rotatable bonds is 4. The van der Waals surface area contributed by atoms with Gasteiger partial charge < -0.3 is 0 Å². The van der Waals surface area contributed by atoms with E-state index in [0.717, 1.165) is 47.0 Å².